The fourth-order valence-corrected chi connectivity index (χ4v) is 2.68. The van der Waals surface area contributed by atoms with E-state index in [0.29, 0.717) is 18.8 Å². The minimum Gasteiger partial charge on any atom is -0.482 e. The maximum absolute atomic E-state index is 12.4. The molecular weight excluding hydrogens is 304 g/mol. The van der Waals surface area contributed by atoms with Crippen molar-refractivity contribution in [2.75, 3.05) is 13.2 Å². The van der Waals surface area contributed by atoms with Crippen molar-refractivity contribution in [1.29, 1.82) is 0 Å². The molecule has 24 heavy (non-hydrogen) atoms. The van der Waals surface area contributed by atoms with Gasteiger partial charge < -0.3 is 9.47 Å². The Kier molecular flexibility index (Phi) is 4.75. The highest BCUT2D eigenvalue weighted by Crippen LogP contribution is 2.27. The summed E-state index contributed by atoms with van der Waals surface area (Å²) in [4.78, 5) is 23.6. The van der Waals surface area contributed by atoms with Crippen molar-refractivity contribution in [2.24, 2.45) is 0 Å². The maximum Gasteiger partial charge on any atom is 0.344 e. The van der Waals surface area contributed by atoms with E-state index in [2.05, 4.69) is 0 Å². The molecule has 0 radical (unpaired) electrons. The first-order valence-corrected chi connectivity index (χ1v) is 7.89. The van der Waals surface area contributed by atoms with Gasteiger partial charge in [-0.3, -0.25) is 4.79 Å². The molecule has 1 aliphatic carbocycles. The Labute approximate surface area is 140 Å². The highest BCUT2D eigenvalue weighted by molar-refractivity contribution is 6.15. The third-order valence-electron chi connectivity index (χ3n) is 3.82. The quantitative estimate of drug-likeness (QED) is 0.625. The molecule has 0 aromatic heterocycles. The van der Waals surface area contributed by atoms with Crippen LogP contribution in [-0.2, 0) is 16.0 Å². The molecule has 4 nitrogen and oxygen atoms in total. The summed E-state index contributed by atoms with van der Waals surface area (Å²) in [5.41, 5.74) is 3.58. The number of hydrogen-bond acceptors (Lipinski definition) is 4. The Balaban J connectivity index is 1.67. The van der Waals surface area contributed by atoms with E-state index in [9.17, 15) is 9.59 Å². The zero-order chi connectivity index (χ0) is 16.9. The number of ether oxygens (including phenoxy) is 2. The Morgan fingerprint density at radius 2 is 1.88 bits per heavy atom. The van der Waals surface area contributed by atoms with Crippen molar-refractivity contribution in [3.63, 3.8) is 0 Å². The van der Waals surface area contributed by atoms with E-state index in [1.165, 1.54) is 0 Å². The van der Waals surface area contributed by atoms with Gasteiger partial charge in [-0.1, -0.05) is 36.4 Å². The van der Waals surface area contributed by atoms with Crippen LogP contribution >= 0.6 is 0 Å². The first kappa shape index (κ1) is 16.0. The third kappa shape index (κ3) is 3.54. The van der Waals surface area contributed by atoms with Crippen LogP contribution < -0.4 is 4.74 Å². The van der Waals surface area contributed by atoms with E-state index in [1.54, 1.807) is 19.1 Å². The monoisotopic (exact) mass is 322 g/mol. The number of benzene rings is 2. The molecule has 0 saturated heterocycles. The van der Waals surface area contributed by atoms with Gasteiger partial charge in [0.25, 0.3) is 0 Å². The van der Waals surface area contributed by atoms with Crippen molar-refractivity contribution >= 4 is 17.8 Å². The summed E-state index contributed by atoms with van der Waals surface area (Å²) in [6, 6.07) is 15.0. The van der Waals surface area contributed by atoms with Crippen molar-refractivity contribution in [2.45, 2.75) is 13.3 Å². The van der Waals surface area contributed by atoms with Crippen LogP contribution in [0.1, 0.15) is 28.4 Å². The van der Waals surface area contributed by atoms with Crippen LogP contribution in [0.3, 0.4) is 0 Å². The molecule has 122 valence electrons. The molecule has 0 aliphatic heterocycles. The third-order valence-corrected chi connectivity index (χ3v) is 3.82. The van der Waals surface area contributed by atoms with Crippen molar-refractivity contribution in [3.05, 3.63) is 70.8 Å². The summed E-state index contributed by atoms with van der Waals surface area (Å²) in [5.74, 6) is 0.289. The summed E-state index contributed by atoms with van der Waals surface area (Å²) in [7, 11) is 0. The van der Waals surface area contributed by atoms with E-state index in [-0.39, 0.29) is 12.4 Å². The lowest BCUT2D eigenvalue weighted by molar-refractivity contribution is -0.145. The zero-order valence-corrected chi connectivity index (χ0v) is 13.5. The number of ketones is 1. The van der Waals surface area contributed by atoms with Gasteiger partial charge in [-0.2, -0.15) is 0 Å². The van der Waals surface area contributed by atoms with Gasteiger partial charge in [0, 0.05) is 17.6 Å². The Morgan fingerprint density at radius 1 is 1.12 bits per heavy atom. The average molecular weight is 322 g/mol. The van der Waals surface area contributed by atoms with Gasteiger partial charge >= 0.3 is 5.97 Å². The molecular formula is C20H18O4. The number of Topliss-reactive ketones (excluding diaryl/α,β-unsaturated/α-hetero) is 1. The molecule has 0 bridgehead atoms. The molecule has 0 fully saturated rings. The lowest BCUT2D eigenvalue weighted by Crippen LogP contribution is -2.14. The molecule has 0 N–H and O–H groups in total. The predicted octanol–water partition coefficient (Wildman–Crippen LogP) is 3.45. The van der Waals surface area contributed by atoms with E-state index in [1.807, 2.05) is 42.5 Å². The SMILES string of the molecule is CCOC(=O)COc1ccc(/C=C2\Cc3ccccc3C2=O)cc1. The fraction of sp³-hybridized carbons (Fsp3) is 0.200. The Morgan fingerprint density at radius 3 is 2.58 bits per heavy atom. The number of rotatable bonds is 5. The summed E-state index contributed by atoms with van der Waals surface area (Å²) in [6.07, 6.45) is 2.56. The van der Waals surface area contributed by atoms with Crippen LogP contribution in [0.5, 0.6) is 5.75 Å². The topological polar surface area (TPSA) is 52.6 Å². The normalized spacial score (nSPS) is 14.5. The van der Waals surface area contributed by atoms with Gasteiger partial charge in [-0.15, -0.1) is 0 Å². The van der Waals surface area contributed by atoms with Gasteiger partial charge in [-0.05, 0) is 36.3 Å². The molecule has 2 aromatic rings. The van der Waals surface area contributed by atoms with Crippen molar-refractivity contribution in [3.8, 4) is 5.75 Å². The molecule has 2 aromatic carbocycles. The minimum absolute atomic E-state index is 0.0910. The summed E-state index contributed by atoms with van der Waals surface area (Å²) < 4.78 is 10.2. The van der Waals surface area contributed by atoms with Gasteiger partial charge in [-0.25, -0.2) is 4.79 Å². The van der Waals surface area contributed by atoms with E-state index in [4.69, 9.17) is 9.47 Å². The van der Waals surface area contributed by atoms with E-state index < -0.39 is 5.97 Å². The molecule has 0 spiro atoms. The average Bonchev–Trinajstić information content (AvgIpc) is 2.91. The molecule has 0 amide bonds. The van der Waals surface area contributed by atoms with Crippen LogP contribution in [-0.4, -0.2) is 25.0 Å². The van der Waals surface area contributed by atoms with Gasteiger partial charge in [0.2, 0.25) is 0 Å². The van der Waals surface area contributed by atoms with Crippen LogP contribution in [0.4, 0.5) is 0 Å². The van der Waals surface area contributed by atoms with Crippen LogP contribution in [0.25, 0.3) is 6.08 Å². The molecule has 4 heteroatoms. The minimum atomic E-state index is -0.391. The maximum atomic E-state index is 12.4. The summed E-state index contributed by atoms with van der Waals surface area (Å²) >= 11 is 0. The summed E-state index contributed by atoms with van der Waals surface area (Å²) in [6.45, 7) is 1.98. The summed E-state index contributed by atoms with van der Waals surface area (Å²) in [5, 5.41) is 0. The number of allylic oxidation sites excluding steroid dienone is 1. The number of esters is 1. The second-order valence-corrected chi connectivity index (χ2v) is 5.50. The van der Waals surface area contributed by atoms with E-state index in [0.717, 1.165) is 22.3 Å². The lowest BCUT2D eigenvalue weighted by Gasteiger charge is -2.06. The van der Waals surface area contributed by atoms with Crippen LogP contribution in [0.2, 0.25) is 0 Å². The highest BCUT2D eigenvalue weighted by Gasteiger charge is 2.23. The van der Waals surface area contributed by atoms with Crippen molar-refractivity contribution < 1.29 is 19.1 Å². The fourth-order valence-electron chi connectivity index (χ4n) is 2.68. The molecule has 0 saturated carbocycles. The van der Waals surface area contributed by atoms with Crippen LogP contribution in [0.15, 0.2) is 54.1 Å². The number of hydrogen-bond donors (Lipinski definition) is 0. The first-order valence-electron chi connectivity index (χ1n) is 7.89. The number of carbonyl (C=O) groups excluding carboxylic acids is 2. The molecule has 0 atom stereocenters. The highest BCUT2D eigenvalue weighted by atomic mass is 16.6. The second-order valence-electron chi connectivity index (χ2n) is 5.50. The van der Waals surface area contributed by atoms with Gasteiger partial charge in [0.15, 0.2) is 12.4 Å². The zero-order valence-electron chi connectivity index (χ0n) is 13.5. The molecule has 0 heterocycles. The molecule has 3 rings (SSSR count). The number of fused-ring (bicyclic) bond motifs is 1. The van der Waals surface area contributed by atoms with E-state index >= 15 is 0 Å². The lowest BCUT2D eigenvalue weighted by atomic mass is 10.1. The Hall–Kier alpha value is -2.88. The predicted molar refractivity (Wildman–Crippen MR) is 91.0 cm³/mol. The first-order chi connectivity index (χ1) is 11.7. The largest absolute Gasteiger partial charge is 0.482 e. The van der Waals surface area contributed by atoms with Crippen LogP contribution in [0, 0.1) is 0 Å². The number of carbonyl (C=O) groups is 2. The van der Waals surface area contributed by atoms with Gasteiger partial charge in [0.05, 0.1) is 6.61 Å². The molecule has 1 aliphatic rings. The van der Waals surface area contributed by atoms with Crippen molar-refractivity contribution in [1.82, 2.24) is 0 Å². The standard InChI is InChI=1S/C20H18O4/c1-2-23-19(21)13-24-17-9-7-14(8-10-17)11-16-12-15-5-3-4-6-18(15)20(16)22/h3-11H,2,12-13H2,1H3/b16-11+. The smallest absolute Gasteiger partial charge is 0.344 e. The Bertz CT molecular complexity index is 788. The molecule has 0 unspecified atom stereocenters. The second kappa shape index (κ2) is 7.13. The van der Waals surface area contributed by atoms with Gasteiger partial charge in [0.1, 0.15) is 5.75 Å².